The first-order valence-electron chi connectivity index (χ1n) is 8.80. The molecule has 2 aliphatic rings. The molecule has 24 heavy (non-hydrogen) atoms. The van der Waals surface area contributed by atoms with E-state index < -0.39 is 0 Å². The average Bonchev–Trinajstić information content (AvgIpc) is 3.38. The highest BCUT2D eigenvalue weighted by molar-refractivity contribution is 5.77. The van der Waals surface area contributed by atoms with Gasteiger partial charge in [0.15, 0.2) is 0 Å². The van der Waals surface area contributed by atoms with Crippen LogP contribution in [0, 0.1) is 0 Å². The van der Waals surface area contributed by atoms with Crippen LogP contribution in [-0.4, -0.2) is 57.3 Å². The van der Waals surface area contributed by atoms with Crippen LogP contribution in [0.3, 0.4) is 0 Å². The molecule has 5 heteroatoms. The van der Waals surface area contributed by atoms with Gasteiger partial charge in [-0.05, 0) is 43.4 Å². The van der Waals surface area contributed by atoms with E-state index in [0.29, 0.717) is 11.5 Å². The molecule has 0 radical (unpaired) electrons. The van der Waals surface area contributed by atoms with Gasteiger partial charge >= 0.3 is 0 Å². The van der Waals surface area contributed by atoms with Crippen LogP contribution in [0.1, 0.15) is 31.2 Å². The number of rotatable bonds is 7. The topological polar surface area (TPSA) is 50.8 Å². The molecule has 0 bridgehead atoms. The standard InChI is InChI=1S/C19H28N2O3/c1-23-13-18(22)20-16-7-11-21(12-8-16)14-19(9-10-19)15-3-5-17(24-2)6-4-15/h3-6,16H,7-14H2,1-2H3,(H,20,22). The molecule has 0 atom stereocenters. The smallest absolute Gasteiger partial charge is 0.246 e. The first kappa shape index (κ1) is 17.2. The summed E-state index contributed by atoms with van der Waals surface area (Å²) in [6, 6.07) is 8.84. The van der Waals surface area contributed by atoms with E-state index in [1.807, 2.05) is 0 Å². The molecule has 5 nitrogen and oxygen atoms in total. The van der Waals surface area contributed by atoms with Crippen LogP contribution < -0.4 is 10.1 Å². The number of hydrogen-bond acceptors (Lipinski definition) is 4. The molecule has 3 rings (SSSR count). The minimum Gasteiger partial charge on any atom is -0.497 e. The Kier molecular flexibility index (Phi) is 5.41. The van der Waals surface area contributed by atoms with Crippen LogP contribution in [-0.2, 0) is 14.9 Å². The Labute approximate surface area is 144 Å². The van der Waals surface area contributed by atoms with Crippen LogP contribution in [0.2, 0.25) is 0 Å². The number of carbonyl (C=O) groups excluding carboxylic acids is 1. The van der Waals surface area contributed by atoms with Crippen molar-refractivity contribution < 1.29 is 14.3 Å². The van der Waals surface area contributed by atoms with Gasteiger partial charge in [0.25, 0.3) is 0 Å². The third-order valence-corrected chi connectivity index (χ3v) is 5.31. The van der Waals surface area contributed by atoms with E-state index in [-0.39, 0.29) is 12.5 Å². The summed E-state index contributed by atoms with van der Waals surface area (Å²) in [5, 5.41) is 3.06. The molecule has 1 amide bonds. The van der Waals surface area contributed by atoms with Crippen molar-refractivity contribution in [2.45, 2.75) is 37.1 Å². The minimum atomic E-state index is -0.00662. The lowest BCUT2D eigenvalue weighted by Crippen LogP contribution is -2.47. The SMILES string of the molecule is COCC(=O)NC1CCN(CC2(c3ccc(OC)cc3)CC2)CC1. The molecular weight excluding hydrogens is 304 g/mol. The third-order valence-electron chi connectivity index (χ3n) is 5.31. The van der Waals surface area contributed by atoms with Crippen molar-refractivity contribution in [2.24, 2.45) is 0 Å². The highest BCUT2D eigenvalue weighted by Gasteiger charge is 2.45. The molecule has 1 N–H and O–H groups in total. The minimum absolute atomic E-state index is 0.00662. The fourth-order valence-corrected chi connectivity index (χ4v) is 3.70. The largest absolute Gasteiger partial charge is 0.497 e. The van der Waals surface area contributed by atoms with E-state index in [0.717, 1.165) is 38.2 Å². The number of nitrogens with zero attached hydrogens (tertiary/aromatic N) is 1. The van der Waals surface area contributed by atoms with Gasteiger partial charge in [0, 0.05) is 38.2 Å². The van der Waals surface area contributed by atoms with Gasteiger partial charge in [-0.15, -0.1) is 0 Å². The lowest BCUT2D eigenvalue weighted by molar-refractivity contribution is -0.125. The van der Waals surface area contributed by atoms with Crippen molar-refractivity contribution in [3.8, 4) is 5.75 Å². The second-order valence-corrected chi connectivity index (χ2v) is 7.06. The van der Waals surface area contributed by atoms with E-state index in [9.17, 15) is 4.79 Å². The highest BCUT2D eigenvalue weighted by Crippen LogP contribution is 2.49. The van der Waals surface area contributed by atoms with Crippen molar-refractivity contribution in [1.29, 1.82) is 0 Å². The Morgan fingerprint density at radius 1 is 1.21 bits per heavy atom. The second-order valence-electron chi connectivity index (χ2n) is 7.06. The summed E-state index contributed by atoms with van der Waals surface area (Å²) >= 11 is 0. The predicted octanol–water partition coefficient (Wildman–Crippen LogP) is 1.95. The van der Waals surface area contributed by atoms with Crippen molar-refractivity contribution in [2.75, 3.05) is 40.5 Å². The van der Waals surface area contributed by atoms with Crippen LogP contribution in [0.15, 0.2) is 24.3 Å². The summed E-state index contributed by atoms with van der Waals surface area (Å²) in [6.07, 6.45) is 4.58. The number of piperidine rings is 1. The zero-order valence-electron chi connectivity index (χ0n) is 14.7. The summed E-state index contributed by atoms with van der Waals surface area (Å²) < 4.78 is 10.1. The Bertz CT molecular complexity index is 546. The summed E-state index contributed by atoms with van der Waals surface area (Å²) in [5.41, 5.74) is 1.76. The van der Waals surface area contributed by atoms with Gasteiger partial charge in [-0.2, -0.15) is 0 Å². The third kappa shape index (κ3) is 4.08. The summed E-state index contributed by atoms with van der Waals surface area (Å²) in [6.45, 7) is 3.38. The molecule has 0 spiro atoms. The summed E-state index contributed by atoms with van der Waals surface area (Å²) in [4.78, 5) is 14.2. The number of amides is 1. The molecular formula is C19H28N2O3. The molecule has 1 aromatic rings. The van der Waals surface area contributed by atoms with Gasteiger partial charge in [-0.3, -0.25) is 4.79 Å². The first-order valence-corrected chi connectivity index (χ1v) is 8.80. The van der Waals surface area contributed by atoms with Gasteiger partial charge in [0.2, 0.25) is 5.91 Å². The molecule has 2 fully saturated rings. The van der Waals surface area contributed by atoms with E-state index in [4.69, 9.17) is 9.47 Å². The predicted molar refractivity (Wildman–Crippen MR) is 93.4 cm³/mol. The Balaban J connectivity index is 1.49. The van der Waals surface area contributed by atoms with Gasteiger partial charge < -0.3 is 19.7 Å². The van der Waals surface area contributed by atoms with Crippen LogP contribution in [0.5, 0.6) is 5.75 Å². The molecule has 1 heterocycles. The zero-order chi connectivity index (χ0) is 17.0. The van der Waals surface area contributed by atoms with Crippen LogP contribution in [0.4, 0.5) is 0 Å². The second kappa shape index (κ2) is 7.53. The molecule has 0 aromatic heterocycles. The van der Waals surface area contributed by atoms with Gasteiger partial charge in [-0.1, -0.05) is 12.1 Å². The molecule has 0 unspecified atom stereocenters. The molecule has 132 valence electrons. The fourth-order valence-electron chi connectivity index (χ4n) is 3.70. The molecule has 1 aromatic carbocycles. The van der Waals surface area contributed by atoms with E-state index >= 15 is 0 Å². The van der Waals surface area contributed by atoms with Crippen LogP contribution >= 0.6 is 0 Å². The Hall–Kier alpha value is -1.59. The van der Waals surface area contributed by atoms with Crippen LogP contribution in [0.25, 0.3) is 0 Å². The maximum atomic E-state index is 11.6. The number of hydrogen-bond donors (Lipinski definition) is 1. The van der Waals surface area contributed by atoms with E-state index in [2.05, 4.69) is 34.5 Å². The van der Waals surface area contributed by atoms with Crippen molar-refractivity contribution in [1.82, 2.24) is 10.2 Å². The lowest BCUT2D eigenvalue weighted by atomic mass is 9.93. The molecule has 1 aliphatic carbocycles. The number of methoxy groups -OCH3 is 2. The average molecular weight is 332 g/mol. The van der Waals surface area contributed by atoms with Gasteiger partial charge in [-0.25, -0.2) is 0 Å². The zero-order valence-corrected chi connectivity index (χ0v) is 14.7. The van der Waals surface area contributed by atoms with E-state index in [1.54, 1.807) is 14.2 Å². The maximum Gasteiger partial charge on any atom is 0.246 e. The molecule has 1 saturated heterocycles. The first-order chi connectivity index (χ1) is 11.6. The number of nitrogens with one attached hydrogen (secondary N) is 1. The number of benzene rings is 1. The molecule has 1 saturated carbocycles. The number of ether oxygens (including phenoxy) is 2. The van der Waals surface area contributed by atoms with Gasteiger partial charge in [0.1, 0.15) is 12.4 Å². The lowest BCUT2D eigenvalue weighted by Gasteiger charge is -2.35. The Morgan fingerprint density at radius 2 is 1.88 bits per heavy atom. The normalized spacial score (nSPS) is 20.6. The van der Waals surface area contributed by atoms with Crippen molar-refractivity contribution in [3.63, 3.8) is 0 Å². The monoisotopic (exact) mass is 332 g/mol. The fraction of sp³-hybridized carbons (Fsp3) is 0.632. The number of likely N-dealkylation sites (tertiary alicyclic amines) is 1. The summed E-state index contributed by atoms with van der Waals surface area (Å²) in [7, 11) is 3.26. The summed E-state index contributed by atoms with van der Waals surface area (Å²) in [5.74, 6) is 0.912. The van der Waals surface area contributed by atoms with E-state index in [1.165, 1.54) is 18.4 Å². The quantitative estimate of drug-likeness (QED) is 0.829. The van der Waals surface area contributed by atoms with Crippen molar-refractivity contribution >= 4 is 5.91 Å². The van der Waals surface area contributed by atoms with Crippen molar-refractivity contribution in [3.05, 3.63) is 29.8 Å². The highest BCUT2D eigenvalue weighted by atomic mass is 16.5. The Morgan fingerprint density at radius 3 is 2.42 bits per heavy atom. The molecule has 1 aliphatic heterocycles. The maximum absolute atomic E-state index is 11.6. The van der Waals surface area contributed by atoms with Gasteiger partial charge in [0.05, 0.1) is 7.11 Å². The number of carbonyl (C=O) groups is 1.